The van der Waals surface area contributed by atoms with E-state index >= 15 is 0 Å². The van der Waals surface area contributed by atoms with E-state index in [4.69, 9.17) is 4.74 Å². The summed E-state index contributed by atoms with van der Waals surface area (Å²) in [6.07, 6.45) is -0.209. The molecule has 3 aliphatic heterocycles. The summed E-state index contributed by atoms with van der Waals surface area (Å²) in [7, 11) is 1.88. The van der Waals surface area contributed by atoms with Crippen molar-refractivity contribution in [3.63, 3.8) is 0 Å². The third kappa shape index (κ3) is 4.93. The molecule has 0 saturated carbocycles. The van der Waals surface area contributed by atoms with E-state index in [-0.39, 0.29) is 23.7 Å². The Hall–Kier alpha value is -3.31. The zero-order valence-corrected chi connectivity index (χ0v) is 22.0. The first-order chi connectivity index (χ1) is 18.6. The minimum absolute atomic E-state index is 0.0356. The molecule has 3 aromatic rings. The summed E-state index contributed by atoms with van der Waals surface area (Å²) >= 11 is 0. The van der Waals surface area contributed by atoms with E-state index in [1.165, 1.54) is 4.90 Å². The average molecular weight is 541 g/mol. The number of hydrogen-bond donors (Lipinski definition) is 0. The van der Waals surface area contributed by atoms with Gasteiger partial charge < -0.3 is 9.30 Å². The van der Waals surface area contributed by atoms with E-state index in [9.17, 15) is 18.0 Å². The molecule has 0 radical (unpaired) electrons. The summed E-state index contributed by atoms with van der Waals surface area (Å²) in [5.74, 6) is 1.01. The van der Waals surface area contributed by atoms with Crippen LogP contribution in [0.4, 0.5) is 19.0 Å². The number of hydrogen-bond acceptors (Lipinski definition) is 6. The van der Waals surface area contributed by atoms with Crippen LogP contribution < -0.4 is 4.90 Å². The number of carbonyl (C=O) groups is 1. The maximum Gasteiger partial charge on any atom is 0.433 e. The predicted octanol–water partition coefficient (Wildman–Crippen LogP) is 4.13. The average Bonchev–Trinajstić information content (AvgIpc) is 3.42. The Kier molecular flexibility index (Phi) is 6.46. The number of aromatic nitrogens is 4. The summed E-state index contributed by atoms with van der Waals surface area (Å²) in [6.45, 7) is 5.40. The fourth-order valence-corrected chi connectivity index (χ4v) is 5.94. The summed E-state index contributed by atoms with van der Waals surface area (Å²) in [4.78, 5) is 21.0. The van der Waals surface area contributed by atoms with Crippen molar-refractivity contribution in [1.82, 2.24) is 24.6 Å². The highest BCUT2D eigenvalue weighted by atomic mass is 19.4. The molecule has 1 aromatic carbocycles. The monoisotopic (exact) mass is 540 g/mol. The maximum atomic E-state index is 13.8. The molecule has 0 spiro atoms. The second-order valence-corrected chi connectivity index (χ2v) is 11.3. The Morgan fingerprint density at radius 3 is 2.67 bits per heavy atom. The number of carbonyl (C=O) groups excluding carboxylic acids is 1. The van der Waals surface area contributed by atoms with Crippen LogP contribution in [0.25, 0.3) is 0 Å². The normalized spacial score (nSPS) is 21.2. The Balaban J connectivity index is 1.29. The van der Waals surface area contributed by atoms with E-state index in [1.54, 1.807) is 12.4 Å². The minimum Gasteiger partial charge on any atom is -0.379 e. The summed E-state index contributed by atoms with van der Waals surface area (Å²) in [5.41, 5.74) is 1.41. The lowest BCUT2D eigenvalue weighted by atomic mass is 9.75. The molecule has 6 rings (SSSR count). The first-order valence-corrected chi connectivity index (χ1v) is 13.3. The molecule has 2 saturated heterocycles. The maximum absolute atomic E-state index is 13.8. The van der Waals surface area contributed by atoms with Gasteiger partial charge in [0.2, 0.25) is 0 Å². The lowest BCUT2D eigenvalue weighted by Gasteiger charge is -2.41. The summed E-state index contributed by atoms with van der Waals surface area (Å²) in [6, 6.07) is 8.48. The fourth-order valence-electron chi connectivity index (χ4n) is 5.94. The van der Waals surface area contributed by atoms with Gasteiger partial charge in [0.1, 0.15) is 23.7 Å². The summed E-state index contributed by atoms with van der Waals surface area (Å²) < 4.78 is 49.0. The van der Waals surface area contributed by atoms with E-state index in [1.807, 2.05) is 29.8 Å². The van der Waals surface area contributed by atoms with Crippen LogP contribution >= 0.6 is 0 Å². The van der Waals surface area contributed by atoms with Gasteiger partial charge in [0.05, 0.1) is 19.8 Å². The van der Waals surface area contributed by atoms with Crippen LogP contribution in [0.2, 0.25) is 0 Å². The quantitative estimate of drug-likeness (QED) is 0.468. The van der Waals surface area contributed by atoms with E-state index in [2.05, 4.69) is 27.0 Å². The molecule has 5 heterocycles. The number of ether oxygens (including phenoxy) is 1. The largest absolute Gasteiger partial charge is 0.433 e. The number of nitrogens with zero attached hydrogens (tertiary/aromatic N) is 6. The molecule has 206 valence electrons. The smallest absolute Gasteiger partial charge is 0.379 e. The molecule has 3 aliphatic rings. The Morgan fingerprint density at radius 1 is 1.18 bits per heavy atom. The Morgan fingerprint density at radius 2 is 2.00 bits per heavy atom. The van der Waals surface area contributed by atoms with E-state index < -0.39 is 11.9 Å². The van der Waals surface area contributed by atoms with Crippen LogP contribution in [0.3, 0.4) is 0 Å². The van der Waals surface area contributed by atoms with E-state index in [0.717, 1.165) is 48.9 Å². The van der Waals surface area contributed by atoms with E-state index in [0.29, 0.717) is 43.2 Å². The van der Waals surface area contributed by atoms with Gasteiger partial charge in [0.15, 0.2) is 0 Å². The van der Waals surface area contributed by atoms with Crippen LogP contribution in [0.15, 0.2) is 36.7 Å². The molecule has 2 fully saturated rings. The van der Waals surface area contributed by atoms with Gasteiger partial charge in [-0.25, -0.2) is 4.98 Å². The number of alkyl halides is 3. The second kappa shape index (κ2) is 9.71. The number of piperidine rings is 1. The van der Waals surface area contributed by atoms with Gasteiger partial charge in [-0.3, -0.25) is 14.6 Å². The SMILES string of the molecule is C[C@H]1CCCN(Cc2cc(N3Cc4ccc(C5(Cc6nncn6C)COC5)cc4C3=O)nc(C(F)(F)F)c2)C1. The lowest BCUT2D eigenvalue weighted by molar-refractivity contribution is -0.141. The van der Waals surface area contributed by atoms with Gasteiger partial charge in [-0.05, 0) is 60.2 Å². The highest BCUT2D eigenvalue weighted by Crippen LogP contribution is 2.39. The summed E-state index contributed by atoms with van der Waals surface area (Å²) in [5, 5.41) is 8.17. The topological polar surface area (TPSA) is 76.4 Å². The van der Waals surface area contributed by atoms with Crippen LogP contribution in [0.1, 0.15) is 58.3 Å². The third-order valence-corrected chi connectivity index (χ3v) is 8.17. The van der Waals surface area contributed by atoms with Gasteiger partial charge in [-0.1, -0.05) is 19.1 Å². The number of halogens is 3. The first-order valence-electron chi connectivity index (χ1n) is 13.3. The first kappa shape index (κ1) is 25.9. The van der Waals surface area contributed by atoms with Crippen molar-refractivity contribution in [2.45, 2.75) is 50.9 Å². The van der Waals surface area contributed by atoms with Crippen molar-refractivity contribution in [1.29, 1.82) is 0 Å². The fraction of sp³-hybridized carbons (Fsp3) is 0.500. The van der Waals surface area contributed by atoms with Crippen LogP contribution in [-0.4, -0.2) is 56.9 Å². The van der Waals surface area contributed by atoms with Crippen molar-refractivity contribution in [3.8, 4) is 0 Å². The molecule has 0 N–H and O–H groups in total. The third-order valence-electron chi connectivity index (χ3n) is 8.17. The van der Waals surface area contributed by atoms with Crippen LogP contribution in [0, 0.1) is 5.92 Å². The number of benzene rings is 1. The number of anilines is 1. The van der Waals surface area contributed by atoms with Gasteiger partial charge in [0.25, 0.3) is 5.91 Å². The van der Waals surface area contributed by atoms with Gasteiger partial charge in [-0.15, -0.1) is 10.2 Å². The van der Waals surface area contributed by atoms with Gasteiger partial charge in [0, 0.05) is 37.5 Å². The number of fused-ring (bicyclic) bond motifs is 1. The molecule has 0 unspecified atom stereocenters. The highest BCUT2D eigenvalue weighted by molar-refractivity contribution is 6.09. The molecule has 39 heavy (non-hydrogen) atoms. The zero-order chi connectivity index (χ0) is 27.4. The van der Waals surface area contributed by atoms with Crippen molar-refractivity contribution in [2.75, 3.05) is 31.2 Å². The number of rotatable bonds is 6. The predicted molar refractivity (Wildman–Crippen MR) is 137 cm³/mol. The number of aryl methyl sites for hydroxylation is 1. The molecular weight excluding hydrogens is 509 g/mol. The zero-order valence-electron chi connectivity index (χ0n) is 22.0. The molecule has 11 heteroatoms. The second-order valence-electron chi connectivity index (χ2n) is 11.3. The number of likely N-dealkylation sites (tertiary alicyclic amines) is 1. The molecule has 0 aliphatic carbocycles. The van der Waals surface area contributed by atoms with Crippen molar-refractivity contribution in [3.05, 3.63) is 70.4 Å². The van der Waals surface area contributed by atoms with Crippen molar-refractivity contribution < 1.29 is 22.7 Å². The minimum atomic E-state index is -4.61. The standard InChI is InChI=1S/C28H31F3N6O2/c1-18-4-3-7-36(12-18)13-19-8-23(28(29,30)31)33-24(9-19)37-14-20-5-6-21(10-22(20)26(37)38)27(15-39-16-27)11-25-34-32-17-35(25)2/h5-6,8-10,17-18H,3-4,7,11-16H2,1-2H3/t18-/m0/s1. The molecular formula is C28H31F3N6O2. The number of amides is 1. The molecule has 1 atom stereocenters. The lowest BCUT2D eigenvalue weighted by Crippen LogP contribution is -2.49. The van der Waals surface area contributed by atoms with Crippen LogP contribution in [0.5, 0.6) is 0 Å². The van der Waals surface area contributed by atoms with Gasteiger partial charge in [-0.2, -0.15) is 13.2 Å². The van der Waals surface area contributed by atoms with Crippen LogP contribution in [-0.2, 0) is 42.9 Å². The Labute approximate surface area is 224 Å². The van der Waals surface area contributed by atoms with Crippen molar-refractivity contribution >= 4 is 11.7 Å². The highest BCUT2D eigenvalue weighted by Gasteiger charge is 2.43. The van der Waals surface area contributed by atoms with Gasteiger partial charge >= 0.3 is 6.18 Å². The molecule has 0 bridgehead atoms. The molecule has 8 nitrogen and oxygen atoms in total. The number of pyridine rings is 1. The Bertz CT molecular complexity index is 1400. The molecule has 2 aromatic heterocycles. The van der Waals surface area contributed by atoms with Crippen molar-refractivity contribution in [2.24, 2.45) is 13.0 Å². The molecule has 1 amide bonds.